The topological polar surface area (TPSA) is 30.5 Å². The molecule has 1 aliphatic heterocycles. The Labute approximate surface area is 108 Å². The molecule has 3 nitrogen and oxygen atoms in total. The lowest BCUT2D eigenvalue weighted by atomic mass is 9.71. The number of morpholine rings is 1. The zero-order chi connectivity index (χ0) is 12.6. The molecule has 1 atom stereocenters. The van der Waals surface area contributed by atoms with E-state index < -0.39 is 0 Å². The standard InChI is InChI=1S/C15H21NO2/c1-11-10-12(17-2)4-5-13(11)14-15(6-3-7-15)18-9-8-16-14/h4-5,10,14,16H,3,6-9H2,1-2H3. The highest BCUT2D eigenvalue weighted by atomic mass is 16.5. The van der Waals surface area contributed by atoms with Crippen molar-refractivity contribution in [1.29, 1.82) is 0 Å². The Morgan fingerprint density at radius 2 is 2.22 bits per heavy atom. The predicted octanol–water partition coefficient (Wildman–Crippen LogP) is 2.59. The van der Waals surface area contributed by atoms with Crippen LogP contribution in [0.15, 0.2) is 18.2 Å². The minimum Gasteiger partial charge on any atom is -0.497 e. The van der Waals surface area contributed by atoms with Gasteiger partial charge in [0.05, 0.1) is 25.4 Å². The van der Waals surface area contributed by atoms with Crippen LogP contribution in [-0.4, -0.2) is 25.9 Å². The summed E-state index contributed by atoms with van der Waals surface area (Å²) in [6.07, 6.45) is 3.64. The number of hydrogen-bond donors (Lipinski definition) is 1. The first kappa shape index (κ1) is 12.0. The molecule has 2 fully saturated rings. The van der Waals surface area contributed by atoms with Gasteiger partial charge in [0.25, 0.3) is 0 Å². The first-order valence-electron chi connectivity index (χ1n) is 6.77. The van der Waals surface area contributed by atoms with Crippen LogP contribution in [0.5, 0.6) is 5.75 Å². The Bertz CT molecular complexity index is 440. The van der Waals surface area contributed by atoms with Crippen LogP contribution in [0.2, 0.25) is 0 Å². The molecule has 1 aromatic carbocycles. The summed E-state index contributed by atoms with van der Waals surface area (Å²) in [5, 5.41) is 3.64. The quantitative estimate of drug-likeness (QED) is 0.871. The molecule has 1 N–H and O–H groups in total. The maximum absolute atomic E-state index is 6.09. The monoisotopic (exact) mass is 247 g/mol. The highest BCUT2D eigenvalue weighted by Gasteiger charge is 2.47. The van der Waals surface area contributed by atoms with E-state index in [0.717, 1.165) is 18.9 Å². The van der Waals surface area contributed by atoms with Crippen molar-refractivity contribution >= 4 is 0 Å². The summed E-state index contributed by atoms with van der Waals surface area (Å²) in [7, 11) is 1.71. The second-order valence-electron chi connectivity index (χ2n) is 5.38. The molecule has 18 heavy (non-hydrogen) atoms. The highest BCUT2D eigenvalue weighted by molar-refractivity contribution is 5.38. The average Bonchev–Trinajstić information content (AvgIpc) is 2.36. The normalized spacial score (nSPS) is 25.8. The summed E-state index contributed by atoms with van der Waals surface area (Å²) < 4.78 is 11.4. The number of hydrogen-bond acceptors (Lipinski definition) is 3. The van der Waals surface area contributed by atoms with E-state index in [9.17, 15) is 0 Å². The van der Waals surface area contributed by atoms with Crippen LogP contribution in [0.25, 0.3) is 0 Å². The van der Waals surface area contributed by atoms with Crippen molar-refractivity contribution in [3.8, 4) is 5.75 Å². The SMILES string of the molecule is COc1ccc(C2NCCOC23CCC3)c(C)c1. The van der Waals surface area contributed by atoms with Gasteiger partial charge in [-0.25, -0.2) is 0 Å². The minimum atomic E-state index is 0.0532. The minimum absolute atomic E-state index is 0.0532. The molecule has 1 aliphatic carbocycles. The number of nitrogens with one attached hydrogen (secondary N) is 1. The fourth-order valence-corrected chi connectivity index (χ4v) is 3.18. The van der Waals surface area contributed by atoms with Crippen molar-refractivity contribution in [3.05, 3.63) is 29.3 Å². The molecule has 2 aliphatic rings. The van der Waals surface area contributed by atoms with Gasteiger partial charge in [0.2, 0.25) is 0 Å². The van der Waals surface area contributed by atoms with Gasteiger partial charge in [-0.05, 0) is 49.4 Å². The first-order valence-corrected chi connectivity index (χ1v) is 6.77. The van der Waals surface area contributed by atoms with Gasteiger partial charge in [-0.2, -0.15) is 0 Å². The van der Waals surface area contributed by atoms with E-state index in [1.165, 1.54) is 30.4 Å². The smallest absolute Gasteiger partial charge is 0.119 e. The number of methoxy groups -OCH3 is 1. The molecule has 1 saturated carbocycles. The van der Waals surface area contributed by atoms with Crippen LogP contribution in [0, 0.1) is 6.92 Å². The molecule has 1 aromatic rings. The predicted molar refractivity (Wildman–Crippen MR) is 71.0 cm³/mol. The third kappa shape index (κ3) is 1.82. The van der Waals surface area contributed by atoms with E-state index >= 15 is 0 Å². The van der Waals surface area contributed by atoms with Crippen molar-refractivity contribution in [1.82, 2.24) is 5.32 Å². The summed E-state index contributed by atoms with van der Waals surface area (Å²) >= 11 is 0. The van der Waals surface area contributed by atoms with Gasteiger partial charge in [-0.15, -0.1) is 0 Å². The lowest BCUT2D eigenvalue weighted by Gasteiger charge is -2.51. The van der Waals surface area contributed by atoms with Crippen molar-refractivity contribution in [3.63, 3.8) is 0 Å². The van der Waals surface area contributed by atoms with Gasteiger partial charge in [0, 0.05) is 6.54 Å². The number of benzene rings is 1. The molecule has 1 heterocycles. The molecule has 0 amide bonds. The lowest BCUT2D eigenvalue weighted by Crippen LogP contribution is -2.56. The maximum Gasteiger partial charge on any atom is 0.119 e. The lowest BCUT2D eigenvalue weighted by molar-refractivity contribution is -0.146. The summed E-state index contributed by atoms with van der Waals surface area (Å²) in [5.41, 5.74) is 2.69. The average molecular weight is 247 g/mol. The summed E-state index contributed by atoms with van der Waals surface area (Å²) in [4.78, 5) is 0. The van der Waals surface area contributed by atoms with Crippen LogP contribution in [0.1, 0.15) is 36.4 Å². The van der Waals surface area contributed by atoms with E-state index in [1.807, 2.05) is 6.07 Å². The molecule has 1 saturated heterocycles. The summed E-state index contributed by atoms with van der Waals surface area (Å²) in [6.45, 7) is 3.93. The van der Waals surface area contributed by atoms with E-state index in [0.29, 0.717) is 6.04 Å². The zero-order valence-corrected chi connectivity index (χ0v) is 11.2. The Kier molecular flexibility index (Phi) is 3.04. The molecule has 0 aromatic heterocycles. The Balaban J connectivity index is 1.92. The van der Waals surface area contributed by atoms with Crippen LogP contribution in [0.4, 0.5) is 0 Å². The molecular formula is C15H21NO2. The van der Waals surface area contributed by atoms with E-state index in [2.05, 4.69) is 24.4 Å². The molecule has 1 spiro atoms. The second-order valence-corrected chi connectivity index (χ2v) is 5.38. The number of aryl methyl sites for hydroxylation is 1. The Morgan fingerprint density at radius 3 is 2.83 bits per heavy atom. The fraction of sp³-hybridized carbons (Fsp3) is 0.600. The number of rotatable bonds is 2. The van der Waals surface area contributed by atoms with Crippen LogP contribution in [0.3, 0.4) is 0 Å². The van der Waals surface area contributed by atoms with Crippen molar-refractivity contribution in [2.45, 2.75) is 37.8 Å². The molecule has 1 unspecified atom stereocenters. The molecule has 0 radical (unpaired) electrons. The molecule has 3 rings (SSSR count). The van der Waals surface area contributed by atoms with Gasteiger partial charge < -0.3 is 14.8 Å². The van der Waals surface area contributed by atoms with Crippen LogP contribution < -0.4 is 10.1 Å². The van der Waals surface area contributed by atoms with E-state index in [4.69, 9.17) is 9.47 Å². The van der Waals surface area contributed by atoms with Gasteiger partial charge in [0.15, 0.2) is 0 Å². The zero-order valence-electron chi connectivity index (χ0n) is 11.2. The second kappa shape index (κ2) is 4.56. The van der Waals surface area contributed by atoms with Crippen LogP contribution >= 0.6 is 0 Å². The van der Waals surface area contributed by atoms with E-state index in [1.54, 1.807) is 7.11 Å². The molecule has 98 valence electrons. The largest absolute Gasteiger partial charge is 0.497 e. The highest BCUT2D eigenvalue weighted by Crippen LogP contribution is 2.47. The first-order chi connectivity index (χ1) is 8.75. The van der Waals surface area contributed by atoms with Gasteiger partial charge >= 0.3 is 0 Å². The fourth-order valence-electron chi connectivity index (χ4n) is 3.18. The number of ether oxygens (including phenoxy) is 2. The maximum atomic E-state index is 6.09. The third-order valence-corrected chi connectivity index (χ3v) is 4.35. The van der Waals surface area contributed by atoms with Gasteiger partial charge in [-0.3, -0.25) is 0 Å². The van der Waals surface area contributed by atoms with Crippen LogP contribution in [-0.2, 0) is 4.74 Å². The van der Waals surface area contributed by atoms with Crippen molar-refractivity contribution in [2.75, 3.05) is 20.3 Å². The van der Waals surface area contributed by atoms with Gasteiger partial charge in [0.1, 0.15) is 5.75 Å². The molecular weight excluding hydrogens is 226 g/mol. The summed E-state index contributed by atoms with van der Waals surface area (Å²) in [6, 6.07) is 6.68. The van der Waals surface area contributed by atoms with E-state index in [-0.39, 0.29) is 5.60 Å². The van der Waals surface area contributed by atoms with Crippen molar-refractivity contribution in [2.24, 2.45) is 0 Å². The third-order valence-electron chi connectivity index (χ3n) is 4.35. The molecule has 0 bridgehead atoms. The summed E-state index contributed by atoms with van der Waals surface area (Å²) in [5.74, 6) is 0.927. The molecule has 3 heteroatoms. The Morgan fingerprint density at radius 1 is 1.39 bits per heavy atom. The Hall–Kier alpha value is -1.06. The van der Waals surface area contributed by atoms with Gasteiger partial charge in [-0.1, -0.05) is 6.07 Å². The van der Waals surface area contributed by atoms with Crippen molar-refractivity contribution < 1.29 is 9.47 Å².